The summed E-state index contributed by atoms with van der Waals surface area (Å²) in [5.74, 6) is 2.36. The van der Waals surface area contributed by atoms with Gasteiger partial charge in [0.05, 0.1) is 0 Å². The SMILES string of the molecule is CC(C)CC(CN)CN(C)C1CCCC(C)C1. The fourth-order valence-electron chi connectivity index (χ4n) is 3.27. The van der Waals surface area contributed by atoms with Crippen molar-refractivity contribution in [2.24, 2.45) is 23.5 Å². The van der Waals surface area contributed by atoms with Crippen molar-refractivity contribution in [1.29, 1.82) is 0 Å². The summed E-state index contributed by atoms with van der Waals surface area (Å²) in [6.45, 7) is 9.02. The molecule has 3 unspecified atom stereocenters. The molecule has 0 spiro atoms. The zero-order chi connectivity index (χ0) is 12.8. The van der Waals surface area contributed by atoms with E-state index in [0.717, 1.165) is 24.4 Å². The first-order valence-corrected chi connectivity index (χ1v) is 7.43. The number of hydrogen-bond acceptors (Lipinski definition) is 2. The zero-order valence-corrected chi connectivity index (χ0v) is 12.3. The standard InChI is InChI=1S/C15H32N2/c1-12(2)8-14(10-16)11-17(4)15-7-5-6-13(3)9-15/h12-15H,5-11,16H2,1-4H3. The van der Waals surface area contributed by atoms with Crippen LogP contribution in [0.3, 0.4) is 0 Å². The van der Waals surface area contributed by atoms with Gasteiger partial charge in [-0.15, -0.1) is 0 Å². The quantitative estimate of drug-likeness (QED) is 0.773. The summed E-state index contributed by atoms with van der Waals surface area (Å²) >= 11 is 0. The smallest absolute Gasteiger partial charge is 0.00948 e. The number of nitrogens with zero attached hydrogens (tertiary/aromatic N) is 1. The molecule has 0 aromatic heterocycles. The normalized spacial score (nSPS) is 27.7. The van der Waals surface area contributed by atoms with Crippen molar-refractivity contribution >= 4 is 0 Å². The molecule has 2 heteroatoms. The highest BCUT2D eigenvalue weighted by molar-refractivity contribution is 4.79. The Morgan fingerprint density at radius 2 is 2.00 bits per heavy atom. The number of hydrogen-bond donors (Lipinski definition) is 1. The second-order valence-electron chi connectivity index (χ2n) is 6.60. The van der Waals surface area contributed by atoms with Crippen LogP contribution >= 0.6 is 0 Å². The van der Waals surface area contributed by atoms with E-state index >= 15 is 0 Å². The van der Waals surface area contributed by atoms with Crippen LogP contribution in [0.1, 0.15) is 52.9 Å². The average molecular weight is 240 g/mol. The van der Waals surface area contributed by atoms with Crippen LogP contribution in [0.4, 0.5) is 0 Å². The molecule has 2 N–H and O–H groups in total. The van der Waals surface area contributed by atoms with Crippen LogP contribution in [0.2, 0.25) is 0 Å². The van der Waals surface area contributed by atoms with Crippen molar-refractivity contribution in [2.45, 2.75) is 58.9 Å². The van der Waals surface area contributed by atoms with E-state index in [4.69, 9.17) is 5.73 Å². The Balaban J connectivity index is 2.37. The van der Waals surface area contributed by atoms with Crippen molar-refractivity contribution in [3.63, 3.8) is 0 Å². The maximum atomic E-state index is 5.90. The lowest BCUT2D eigenvalue weighted by Crippen LogP contribution is -2.40. The van der Waals surface area contributed by atoms with E-state index < -0.39 is 0 Å². The van der Waals surface area contributed by atoms with E-state index in [-0.39, 0.29) is 0 Å². The van der Waals surface area contributed by atoms with Crippen molar-refractivity contribution in [1.82, 2.24) is 4.90 Å². The molecule has 1 aliphatic carbocycles. The van der Waals surface area contributed by atoms with E-state index in [1.165, 1.54) is 38.6 Å². The predicted octanol–water partition coefficient (Wildman–Crippen LogP) is 3.12. The number of nitrogens with two attached hydrogens (primary N) is 1. The third-order valence-electron chi connectivity index (χ3n) is 4.22. The molecule has 0 aromatic rings. The second kappa shape index (κ2) is 7.38. The molecule has 0 saturated heterocycles. The monoisotopic (exact) mass is 240 g/mol. The Bertz CT molecular complexity index is 203. The lowest BCUT2D eigenvalue weighted by Gasteiger charge is -2.36. The van der Waals surface area contributed by atoms with Gasteiger partial charge in [-0.3, -0.25) is 0 Å². The molecule has 0 amide bonds. The molecular formula is C15H32N2. The third-order valence-corrected chi connectivity index (χ3v) is 4.22. The Kier molecular flexibility index (Phi) is 6.50. The Hall–Kier alpha value is -0.0800. The van der Waals surface area contributed by atoms with Crippen LogP contribution in [0.15, 0.2) is 0 Å². The van der Waals surface area contributed by atoms with Gasteiger partial charge in [0.2, 0.25) is 0 Å². The molecule has 1 saturated carbocycles. The summed E-state index contributed by atoms with van der Waals surface area (Å²) in [7, 11) is 2.30. The second-order valence-corrected chi connectivity index (χ2v) is 6.60. The summed E-state index contributed by atoms with van der Waals surface area (Å²) in [5.41, 5.74) is 5.90. The molecule has 1 aliphatic rings. The van der Waals surface area contributed by atoms with E-state index in [1.54, 1.807) is 0 Å². The van der Waals surface area contributed by atoms with Crippen LogP contribution in [-0.2, 0) is 0 Å². The van der Waals surface area contributed by atoms with Gasteiger partial charge in [0.1, 0.15) is 0 Å². The highest BCUT2D eigenvalue weighted by Crippen LogP contribution is 2.27. The molecule has 0 aromatic carbocycles. The molecule has 1 fully saturated rings. The van der Waals surface area contributed by atoms with Gasteiger partial charge in [-0.05, 0) is 50.6 Å². The average Bonchev–Trinajstić information content (AvgIpc) is 2.27. The van der Waals surface area contributed by atoms with E-state index in [2.05, 4.69) is 32.7 Å². The van der Waals surface area contributed by atoms with E-state index in [0.29, 0.717) is 5.92 Å². The molecule has 3 atom stereocenters. The Morgan fingerprint density at radius 3 is 2.53 bits per heavy atom. The lowest BCUT2D eigenvalue weighted by molar-refractivity contribution is 0.139. The summed E-state index contributed by atoms with van der Waals surface area (Å²) in [6, 6.07) is 0.806. The summed E-state index contributed by atoms with van der Waals surface area (Å²) < 4.78 is 0. The molecule has 1 rings (SSSR count). The molecular weight excluding hydrogens is 208 g/mol. The first-order valence-electron chi connectivity index (χ1n) is 7.43. The van der Waals surface area contributed by atoms with Crippen molar-refractivity contribution in [2.75, 3.05) is 20.1 Å². The Labute approximate surface area is 108 Å². The Morgan fingerprint density at radius 1 is 1.29 bits per heavy atom. The summed E-state index contributed by atoms with van der Waals surface area (Å²) in [5, 5.41) is 0. The number of rotatable bonds is 6. The van der Waals surface area contributed by atoms with E-state index in [1.807, 2.05) is 0 Å². The summed E-state index contributed by atoms with van der Waals surface area (Å²) in [6.07, 6.45) is 6.88. The van der Waals surface area contributed by atoms with Gasteiger partial charge in [0.25, 0.3) is 0 Å². The van der Waals surface area contributed by atoms with Crippen molar-refractivity contribution in [3.8, 4) is 0 Å². The van der Waals surface area contributed by atoms with Crippen LogP contribution < -0.4 is 5.73 Å². The first kappa shape index (κ1) is 15.0. The van der Waals surface area contributed by atoms with Crippen molar-refractivity contribution in [3.05, 3.63) is 0 Å². The van der Waals surface area contributed by atoms with Crippen LogP contribution in [0, 0.1) is 17.8 Å². The van der Waals surface area contributed by atoms with Gasteiger partial charge in [-0.2, -0.15) is 0 Å². The molecule has 0 aliphatic heterocycles. The third kappa shape index (κ3) is 5.39. The minimum Gasteiger partial charge on any atom is -0.330 e. The minimum atomic E-state index is 0.678. The fourth-order valence-corrected chi connectivity index (χ4v) is 3.27. The molecule has 0 heterocycles. The fraction of sp³-hybridized carbons (Fsp3) is 1.00. The van der Waals surface area contributed by atoms with Gasteiger partial charge >= 0.3 is 0 Å². The van der Waals surface area contributed by atoms with Crippen LogP contribution in [0.5, 0.6) is 0 Å². The maximum absolute atomic E-state index is 5.90. The molecule has 0 bridgehead atoms. The largest absolute Gasteiger partial charge is 0.330 e. The van der Waals surface area contributed by atoms with E-state index in [9.17, 15) is 0 Å². The molecule has 0 radical (unpaired) electrons. The maximum Gasteiger partial charge on any atom is 0.00948 e. The first-order chi connectivity index (χ1) is 8.02. The predicted molar refractivity (Wildman–Crippen MR) is 76.0 cm³/mol. The van der Waals surface area contributed by atoms with Crippen molar-refractivity contribution < 1.29 is 0 Å². The zero-order valence-electron chi connectivity index (χ0n) is 12.3. The lowest BCUT2D eigenvalue weighted by atomic mass is 9.85. The summed E-state index contributed by atoms with van der Waals surface area (Å²) in [4.78, 5) is 2.58. The van der Waals surface area contributed by atoms with Crippen LogP contribution in [-0.4, -0.2) is 31.1 Å². The molecule has 2 nitrogen and oxygen atoms in total. The highest BCUT2D eigenvalue weighted by atomic mass is 15.1. The van der Waals surface area contributed by atoms with Gasteiger partial charge < -0.3 is 10.6 Å². The highest BCUT2D eigenvalue weighted by Gasteiger charge is 2.23. The van der Waals surface area contributed by atoms with Gasteiger partial charge in [0.15, 0.2) is 0 Å². The van der Waals surface area contributed by atoms with Gasteiger partial charge in [-0.1, -0.05) is 33.6 Å². The minimum absolute atomic E-state index is 0.678. The molecule has 102 valence electrons. The molecule has 17 heavy (non-hydrogen) atoms. The topological polar surface area (TPSA) is 29.3 Å². The van der Waals surface area contributed by atoms with Gasteiger partial charge in [0, 0.05) is 12.6 Å². The van der Waals surface area contributed by atoms with Gasteiger partial charge in [-0.25, -0.2) is 0 Å². The van der Waals surface area contributed by atoms with Crippen LogP contribution in [0.25, 0.3) is 0 Å².